The Morgan fingerprint density at radius 1 is 1.20 bits per heavy atom. The number of thiazole rings is 1. The van der Waals surface area contributed by atoms with E-state index in [9.17, 15) is 22.8 Å². The molecule has 0 spiro atoms. The van der Waals surface area contributed by atoms with Crippen molar-refractivity contribution in [3.63, 3.8) is 0 Å². The maximum absolute atomic E-state index is 12.6. The molecule has 0 aliphatic carbocycles. The van der Waals surface area contributed by atoms with Crippen LogP contribution >= 0.6 is 11.3 Å². The van der Waals surface area contributed by atoms with Crippen LogP contribution in [0.2, 0.25) is 0 Å². The highest BCUT2D eigenvalue weighted by Gasteiger charge is 2.31. The fourth-order valence-corrected chi connectivity index (χ4v) is 3.87. The van der Waals surface area contributed by atoms with Gasteiger partial charge in [0.15, 0.2) is 5.13 Å². The standard InChI is InChI=1S/C19H13F3N4O3S/c1-10-12-4-2-3-5-13(12)17(28)26(25-10)9-16(27)24-18-23-14-7-6-11(8-15(14)30-18)29-19(20,21)22/h2-8H,9H2,1H3,(H,23,24,27). The summed E-state index contributed by atoms with van der Waals surface area (Å²) in [4.78, 5) is 29.1. The van der Waals surface area contributed by atoms with Gasteiger partial charge in [-0.25, -0.2) is 9.67 Å². The van der Waals surface area contributed by atoms with Gasteiger partial charge in [0, 0.05) is 11.5 Å². The van der Waals surface area contributed by atoms with Gasteiger partial charge in [-0.3, -0.25) is 9.59 Å². The Balaban J connectivity index is 1.54. The monoisotopic (exact) mass is 434 g/mol. The zero-order valence-electron chi connectivity index (χ0n) is 15.4. The van der Waals surface area contributed by atoms with Gasteiger partial charge in [0.1, 0.15) is 12.3 Å². The lowest BCUT2D eigenvalue weighted by Crippen LogP contribution is -2.30. The maximum Gasteiger partial charge on any atom is 0.573 e. The molecule has 4 rings (SSSR count). The minimum atomic E-state index is -4.80. The molecule has 2 aromatic heterocycles. The highest BCUT2D eigenvalue weighted by Crippen LogP contribution is 2.31. The van der Waals surface area contributed by atoms with E-state index in [-0.39, 0.29) is 17.4 Å². The Labute approximate surface area is 170 Å². The zero-order chi connectivity index (χ0) is 21.5. The van der Waals surface area contributed by atoms with E-state index in [1.165, 1.54) is 12.1 Å². The summed E-state index contributed by atoms with van der Waals surface area (Å²) in [6.45, 7) is 1.41. The first-order valence-corrected chi connectivity index (χ1v) is 9.44. The average molecular weight is 434 g/mol. The molecule has 1 amide bonds. The van der Waals surface area contributed by atoms with Crippen LogP contribution in [0.25, 0.3) is 21.0 Å². The Morgan fingerprint density at radius 3 is 2.67 bits per heavy atom. The number of hydrogen-bond acceptors (Lipinski definition) is 6. The van der Waals surface area contributed by atoms with Crippen molar-refractivity contribution in [2.75, 3.05) is 5.32 Å². The summed E-state index contributed by atoms with van der Waals surface area (Å²) in [5.74, 6) is -0.913. The second-order valence-corrected chi connectivity index (χ2v) is 7.37. The van der Waals surface area contributed by atoms with Crippen LogP contribution < -0.4 is 15.6 Å². The van der Waals surface area contributed by atoms with Crippen LogP contribution in [0, 0.1) is 6.92 Å². The van der Waals surface area contributed by atoms with E-state index in [2.05, 4.69) is 20.1 Å². The molecule has 0 bridgehead atoms. The van der Waals surface area contributed by atoms with Crippen molar-refractivity contribution in [3.05, 3.63) is 58.5 Å². The molecule has 0 aliphatic heterocycles. The smallest absolute Gasteiger partial charge is 0.406 e. The summed E-state index contributed by atoms with van der Waals surface area (Å²) in [6, 6.07) is 10.7. The fourth-order valence-electron chi connectivity index (χ4n) is 2.96. The molecule has 0 aliphatic rings. The van der Waals surface area contributed by atoms with Crippen molar-refractivity contribution < 1.29 is 22.7 Å². The van der Waals surface area contributed by atoms with Gasteiger partial charge in [0.2, 0.25) is 5.91 Å². The number of halogens is 3. The summed E-state index contributed by atoms with van der Waals surface area (Å²) in [6.07, 6.45) is -4.80. The highest BCUT2D eigenvalue weighted by molar-refractivity contribution is 7.22. The summed E-state index contributed by atoms with van der Waals surface area (Å²) in [7, 11) is 0. The van der Waals surface area contributed by atoms with Gasteiger partial charge < -0.3 is 10.1 Å². The zero-order valence-corrected chi connectivity index (χ0v) is 16.2. The predicted octanol–water partition coefficient (Wildman–Crippen LogP) is 3.85. The second kappa shape index (κ2) is 7.41. The van der Waals surface area contributed by atoms with E-state index in [4.69, 9.17) is 0 Å². The molecule has 0 fully saturated rings. The number of aromatic nitrogens is 3. The molecule has 0 unspecified atom stereocenters. The van der Waals surface area contributed by atoms with Crippen LogP contribution in [-0.4, -0.2) is 27.0 Å². The van der Waals surface area contributed by atoms with Gasteiger partial charge in [0.25, 0.3) is 5.56 Å². The molecule has 7 nitrogen and oxygen atoms in total. The number of hydrogen-bond donors (Lipinski definition) is 1. The van der Waals surface area contributed by atoms with Gasteiger partial charge in [0.05, 0.1) is 21.3 Å². The minimum Gasteiger partial charge on any atom is -0.406 e. The largest absolute Gasteiger partial charge is 0.573 e. The number of anilines is 1. The first-order chi connectivity index (χ1) is 14.2. The van der Waals surface area contributed by atoms with E-state index in [1.807, 2.05) is 0 Å². The van der Waals surface area contributed by atoms with Crippen LogP contribution in [-0.2, 0) is 11.3 Å². The number of fused-ring (bicyclic) bond motifs is 2. The molecule has 0 saturated carbocycles. The summed E-state index contributed by atoms with van der Waals surface area (Å²) in [5.41, 5.74) is 0.612. The molecule has 11 heteroatoms. The van der Waals surface area contributed by atoms with Crippen LogP contribution in [0.5, 0.6) is 5.75 Å². The van der Waals surface area contributed by atoms with E-state index >= 15 is 0 Å². The lowest BCUT2D eigenvalue weighted by atomic mass is 10.1. The van der Waals surface area contributed by atoms with E-state index in [1.54, 1.807) is 31.2 Å². The Kier molecular flexibility index (Phi) is 4.90. The van der Waals surface area contributed by atoms with Crippen molar-refractivity contribution in [2.24, 2.45) is 0 Å². The Bertz CT molecular complexity index is 1330. The van der Waals surface area contributed by atoms with E-state index in [0.29, 0.717) is 26.7 Å². The number of benzene rings is 2. The van der Waals surface area contributed by atoms with Crippen LogP contribution in [0.4, 0.5) is 18.3 Å². The molecule has 2 heterocycles. The average Bonchev–Trinajstić information content (AvgIpc) is 3.06. The third kappa shape index (κ3) is 4.10. The molecule has 30 heavy (non-hydrogen) atoms. The Hall–Kier alpha value is -3.47. The number of ether oxygens (including phenoxy) is 1. The lowest BCUT2D eigenvalue weighted by Gasteiger charge is -2.08. The lowest BCUT2D eigenvalue weighted by molar-refractivity contribution is -0.274. The van der Waals surface area contributed by atoms with Crippen molar-refractivity contribution in [1.82, 2.24) is 14.8 Å². The van der Waals surface area contributed by atoms with Crippen LogP contribution in [0.1, 0.15) is 5.69 Å². The molecule has 4 aromatic rings. The predicted molar refractivity (Wildman–Crippen MR) is 106 cm³/mol. The molecule has 154 valence electrons. The van der Waals surface area contributed by atoms with Crippen molar-refractivity contribution in [1.29, 1.82) is 0 Å². The number of amides is 1. The topological polar surface area (TPSA) is 86.1 Å². The summed E-state index contributed by atoms with van der Waals surface area (Å²) < 4.78 is 42.4. The molecular weight excluding hydrogens is 421 g/mol. The molecule has 1 N–H and O–H groups in total. The molecular formula is C19H13F3N4O3S. The number of nitrogens with one attached hydrogen (secondary N) is 1. The van der Waals surface area contributed by atoms with Gasteiger partial charge in [-0.1, -0.05) is 29.5 Å². The number of alkyl halides is 3. The highest BCUT2D eigenvalue weighted by atomic mass is 32.1. The number of aryl methyl sites for hydroxylation is 1. The SMILES string of the molecule is Cc1nn(CC(=O)Nc2nc3ccc(OC(F)(F)F)cc3s2)c(=O)c2ccccc12. The molecule has 0 saturated heterocycles. The van der Waals surface area contributed by atoms with Crippen molar-refractivity contribution in [3.8, 4) is 5.75 Å². The Morgan fingerprint density at radius 2 is 1.93 bits per heavy atom. The maximum atomic E-state index is 12.6. The first kappa shape index (κ1) is 19.8. The summed E-state index contributed by atoms with van der Waals surface area (Å²) in [5, 5.41) is 8.07. The van der Waals surface area contributed by atoms with E-state index in [0.717, 1.165) is 22.1 Å². The molecule has 2 aromatic carbocycles. The minimum absolute atomic E-state index is 0.185. The third-order valence-corrected chi connectivity index (χ3v) is 5.12. The quantitative estimate of drug-likeness (QED) is 0.527. The van der Waals surface area contributed by atoms with Crippen LogP contribution in [0.15, 0.2) is 47.3 Å². The normalized spacial score (nSPS) is 11.7. The first-order valence-electron chi connectivity index (χ1n) is 8.62. The molecule has 0 radical (unpaired) electrons. The number of rotatable bonds is 4. The number of carbonyl (C=O) groups is 1. The van der Waals surface area contributed by atoms with Crippen LogP contribution in [0.3, 0.4) is 0 Å². The van der Waals surface area contributed by atoms with Gasteiger partial charge >= 0.3 is 6.36 Å². The summed E-state index contributed by atoms with van der Waals surface area (Å²) >= 11 is 0.988. The van der Waals surface area contributed by atoms with Gasteiger partial charge in [-0.15, -0.1) is 13.2 Å². The van der Waals surface area contributed by atoms with Gasteiger partial charge in [-0.05, 0) is 25.1 Å². The van der Waals surface area contributed by atoms with Gasteiger partial charge in [-0.2, -0.15) is 5.10 Å². The number of nitrogens with zero attached hydrogens (tertiary/aromatic N) is 3. The third-order valence-electron chi connectivity index (χ3n) is 4.19. The van der Waals surface area contributed by atoms with Crippen molar-refractivity contribution in [2.45, 2.75) is 19.8 Å². The fraction of sp³-hybridized carbons (Fsp3) is 0.158. The van der Waals surface area contributed by atoms with Crippen molar-refractivity contribution >= 4 is 43.4 Å². The number of carbonyl (C=O) groups excluding carboxylic acids is 1. The van der Waals surface area contributed by atoms with E-state index < -0.39 is 17.8 Å². The molecule has 0 atom stereocenters. The second-order valence-electron chi connectivity index (χ2n) is 6.34.